The van der Waals surface area contributed by atoms with Crippen molar-refractivity contribution in [2.45, 2.75) is 19.9 Å². The fraction of sp³-hybridized carbons (Fsp3) is 0.333. The van der Waals surface area contributed by atoms with Crippen molar-refractivity contribution in [1.29, 1.82) is 0 Å². The second-order valence-electron chi connectivity index (χ2n) is 4.17. The molecule has 0 aromatic carbocycles. The number of ether oxygens (including phenoxy) is 1. The smallest absolute Gasteiger partial charge is 0.311 e. The summed E-state index contributed by atoms with van der Waals surface area (Å²) in [4.78, 5) is 19.0. The van der Waals surface area contributed by atoms with Gasteiger partial charge in [-0.25, -0.2) is 4.98 Å². The van der Waals surface area contributed by atoms with E-state index in [4.69, 9.17) is 4.74 Å². The first-order valence-corrected chi connectivity index (χ1v) is 6.77. The third kappa shape index (κ3) is 3.02. The van der Waals surface area contributed by atoms with Crippen LogP contribution in [0.1, 0.15) is 23.7 Å². The molecule has 0 spiro atoms. The molecule has 2 heterocycles. The summed E-state index contributed by atoms with van der Waals surface area (Å²) in [6, 6.07) is 2.65. The molecule has 8 heteroatoms. The lowest BCUT2D eigenvalue weighted by Crippen LogP contribution is -2.10. The van der Waals surface area contributed by atoms with Crippen LogP contribution >= 0.6 is 11.3 Å². The number of thiazole rings is 1. The van der Waals surface area contributed by atoms with Crippen molar-refractivity contribution in [1.82, 2.24) is 9.97 Å². The molecule has 2 rings (SSSR count). The second kappa shape index (κ2) is 5.83. The van der Waals surface area contributed by atoms with Crippen molar-refractivity contribution >= 4 is 22.8 Å². The van der Waals surface area contributed by atoms with Crippen molar-refractivity contribution in [3.8, 4) is 5.88 Å². The number of hydrogen-bond acceptors (Lipinski definition) is 7. The summed E-state index contributed by atoms with van der Waals surface area (Å²) in [7, 11) is 1.46. The Bertz CT molecular complexity index is 629. The van der Waals surface area contributed by atoms with E-state index in [9.17, 15) is 10.1 Å². The molecule has 2 aromatic rings. The molecular weight excluding hydrogens is 280 g/mol. The lowest BCUT2D eigenvalue weighted by atomic mass is 10.3. The van der Waals surface area contributed by atoms with Gasteiger partial charge in [-0.3, -0.25) is 10.1 Å². The molecule has 0 saturated heterocycles. The molecule has 0 aliphatic carbocycles. The first kappa shape index (κ1) is 14.2. The van der Waals surface area contributed by atoms with E-state index in [2.05, 4.69) is 15.3 Å². The van der Waals surface area contributed by atoms with Gasteiger partial charge in [0, 0.05) is 23.2 Å². The highest BCUT2D eigenvalue weighted by molar-refractivity contribution is 7.09. The molecule has 20 heavy (non-hydrogen) atoms. The van der Waals surface area contributed by atoms with Gasteiger partial charge in [0.2, 0.25) is 11.7 Å². The van der Waals surface area contributed by atoms with Crippen LogP contribution in [0.15, 0.2) is 17.5 Å². The zero-order chi connectivity index (χ0) is 14.7. The van der Waals surface area contributed by atoms with Crippen molar-refractivity contribution in [2.75, 3.05) is 12.4 Å². The third-order valence-corrected chi connectivity index (χ3v) is 3.76. The van der Waals surface area contributed by atoms with Crippen LogP contribution in [-0.2, 0) is 0 Å². The summed E-state index contributed by atoms with van der Waals surface area (Å²) in [5.41, 5.74) is 0.831. The summed E-state index contributed by atoms with van der Waals surface area (Å²) >= 11 is 1.50. The van der Waals surface area contributed by atoms with Gasteiger partial charge < -0.3 is 10.1 Å². The van der Waals surface area contributed by atoms with Crippen molar-refractivity contribution < 1.29 is 9.66 Å². The molecule has 1 N–H and O–H groups in total. The molecule has 0 fully saturated rings. The minimum atomic E-state index is -0.478. The molecule has 1 unspecified atom stereocenters. The Morgan fingerprint density at radius 1 is 1.45 bits per heavy atom. The average molecular weight is 294 g/mol. The van der Waals surface area contributed by atoms with E-state index >= 15 is 0 Å². The number of nitrogens with one attached hydrogen (secondary N) is 1. The van der Waals surface area contributed by atoms with Gasteiger partial charge >= 0.3 is 5.69 Å². The van der Waals surface area contributed by atoms with Crippen molar-refractivity contribution in [3.63, 3.8) is 0 Å². The van der Waals surface area contributed by atoms with Gasteiger partial charge in [0.1, 0.15) is 5.01 Å². The van der Waals surface area contributed by atoms with E-state index in [1.54, 1.807) is 0 Å². The number of rotatable bonds is 5. The molecule has 2 aromatic heterocycles. The van der Waals surface area contributed by atoms with Crippen LogP contribution in [0.4, 0.5) is 11.5 Å². The van der Waals surface area contributed by atoms with Crippen LogP contribution in [0.25, 0.3) is 0 Å². The van der Waals surface area contributed by atoms with Gasteiger partial charge in [-0.2, -0.15) is 4.98 Å². The van der Waals surface area contributed by atoms with E-state index < -0.39 is 4.92 Å². The molecule has 0 bridgehead atoms. The quantitative estimate of drug-likeness (QED) is 0.673. The summed E-state index contributed by atoms with van der Waals surface area (Å²) < 4.78 is 4.99. The van der Waals surface area contributed by atoms with Crippen LogP contribution in [0.5, 0.6) is 5.88 Å². The topological polar surface area (TPSA) is 90.2 Å². The highest BCUT2D eigenvalue weighted by atomic mass is 32.1. The van der Waals surface area contributed by atoms with Crippen molar-refractivity contribution in [2.24, 2.45) is 0 Å². The first-order chi connectivity index (χ1) is 9.51. The van der Waals surface area contributed by atoms with Crippen LogP contribution in [0, 0.1) is 17.0 Å². The summed E-state index contributed by atoms with van der Waals surface area (Å²) in [5.74, 6) is 0.496. The number of methoxy groups -OCH3 is 1. The normalized spacial score (nSPS) is 11.9. The molecular formula is C12H14N4O3S. The van der Waals surface area contributed by atoms with Gasteiger partial charge in [-0.15, -0.1) is 11.3 Å². The number of aryl methyl sites for hydroxylation is 1. The van der Waals surface area contributed by atoms with Crippen LogP contribution in [0.3, 0.4) is 0 Å². The summed E-state index contributed by atoms with van der Waals surface area (Å²) in [5, 5.41) is 16.8. The van der Waals surface area contributed by atoms with Crippen LogP contribution in [-0.4, -0.2) is 22.0 Å². The SMILES string of the molecule is COc1ccc([N+](=O)[O-])c(NC(C)c2nc(C)cs2)n1. The van der Waals surface area contributed by atoms with Gasteiger partial charge in [-0.05, 0) is 13.8 Å². The number of anilines is 1. The lowest BCUT2D eigenvalue weighted by Gasteiger charge is -2.12. The molecule has 0 amide bonds. The standard InChI is InChI=1S/C12H14N4O3S/c1-7-6-20-12(13-7)8(2)14-11-9(16(17)18)4-5-10(15-11)19-3/h4-6,8H,1-3H3,(H,14,15). The van der Waals surface area contributed by atoms with Gasteiger partial charge in [0.05, 0.1) is 18.1 Å². The Morgan fingerprint density at radius 3 is 2.75 bits per heavy atom. The molecule has 0 aliphatic heterocycles. The molecule has 0 radical (unpaired) electrons. The monoisotopic (exact) mass is 294 g/mol. The van der Waals surface area contributed by atoms with E-state index in [-0.39, 0.29) is 17.5 Å². The van der Waals surface area contributed by atoms with Gasteiger partial charge in [0.25, 0.3) is 0 Å². The fourth-order valence-corrected chi connectivity index (χ4v) is 2.44. The van der Waals surface area contributed by atoms with Crippen molar-refractivity contribution in [3.05, 3.63) is 38.3 Å². The van der Waals surface area contributed by atoms with E-state index in [0.717, 1.165) is 10.7 Å². The second-order valence-corrected chi connectivity index (χ2v) is 5.06. The maximum Gasteiger partial charge on any atom is 0.311 e. The Kier molecular flexibility index (Phi) is 4.14. The Labute approximate surface area is 119 Å². The average Bonchev–Trinajstić information content (AvgIpc) is 2.85. The number of nitro groups is 1. The fourth-order valence-electron chi connectivity index (χ4n) is 1.64. The molecule has 106 valence electrons. The molecule has 0 saturated carbocycles. The Balaban J connectivity index is 2.29. The minimum Gasteiger partial charge on any atom is -0.481 e. The van der Waals surface area contributed by atoms with Gasteiger partial charge in [-0.1, -0.05) is 0 Å². The predicted molar refractivity (Wildman–Crippen MR) is 76.3 cm³/mol. The zero-order valence-corrected chi connectivity index (χ0v) is 12.1. The first-order valence-electron chi connectivity index (χ1n) is 5.89. The number of aromatic nitrogens is 2. The predicted octanol–water partition coefficient (Wildman–Crippen LogP) is 2.94. The largest absolute Gasteiger partial charge is 0.481 e. The molecule has 7 nitrogen and oxygen atoms in total. The highest BCUT2D eigenvalue weighted by Gasteiger charge is 2.19. The van der Waals surface area contributed by atoms with E-state index in [1.165, 1.54) is 30.6 Å². The maximum atomic E-state index is 11.0. The minimum absolute atomic E-state index is 0.0917. The van der Waals surface area contributed by atoms with Crippen LogP contribution in [0.2, 0.25) is 0 Å². The van der Waals surface area contributed by atoms with E-state index in [1.807, 2.05) is 19.2 Å². The zero-order valence-electron chi connectivity index (χ0n) is 11.3. The number of pyridine rings is 1. The Morgan fingerprint density at radius 2 is 2.20 bits per heavy atom. The maximum absolute atomic E-state index is 11.0. The number of hydrogen-bond donors (Lipinski definition) is 1. The molecule has 1 atom stereocenters. The van der Waals surface area contributed by atoms with Crippen LogP contribution < -0.4 is 10.1 Å². The van der Waals surface area contributed by atoms with E-state index in [0.29, 0.717) is 5.88 Å². The molecule has 0 aliphatic rings. The number of nitrogens with zero attached hydrogens (tertiary/aromatic N) is 3. The summed E-state index contributed by atoms with van der Waals surface area (Å²) in [6.45, 7) is 3.78. The summed E-state index contributed by atoms with van der Waals surface area (Å²) in [6.07, 6.45) is 0. The third-order valence-electron chi connectivity index (χ3n) is 2.61. The Hall–Kier alpha value is -2.22. The van der Waals surface area contributed by atoms with Gasteiger partial charge in [0.15, 0.2) is 0 Å². The highest BCUT2D eigenvalue weighted by Crippen LogP contribution is 2.29. The lowest BCUT2D eigenvalue weighted by molar-refractivity contribution is -0.384.